The Hall–Kier alpha value is -1.69. The van der Waals surface area contributed by atoms with Gasteiger partial charge in [-0.2, -0.15) is 10.1 Å². The van der Waals surface area contributed by atoms with Crippen LogP contribution in [0.2, 0.25) is 0 Å². The van der Waals surface area contributed by atoms with E-state index in [1.165, 1.54) is 12.8 Å². The van der Waals surface area contributed by atoms with Gasteiger partial charge in [0.1, 0.15) is 5.69 Å². The first kappa shape index (κ1) is 9.53. The van der Waals surface area contributed by atoms with E-state index in [0.29, 0.717) is 5.89 Å². The van der Waals surface area contributed by atoms with Crippen LogP contribution in [-0.4, -0.2) is 26.9 Å². The lowest BCUT2D eigenvalue weighted by Crippen LogP contribution is -2.27. The molecule has 6 nitrogen and oxygen atoms in total. The van der Waals surface area contributed by atoms with Crippen LogP contribution in [0.3, 0.4) is 0 Å². The summed E-state index contributed by atoms with van der Waals surface area (Å²) in [5.41, 5.74) is 0.759. The Morgan fingerprint density at radius 1 is 1.38 bits per heavy atom. The first-order valence-electron chi connectivity index (χ1n) is 5.50. The van der Waals surface area contributed by atoms with Gasteiger partial charge in [0.15, 0.2) is 5.82 Å². The molecular formula is C10H13N5O. The Labute approximate surface area is 92.4 Å². The quantitative estimate of drug-likeness (QED) is 0.795. The molecule has 0 amide bonds. The van der Waals surface area contributed by atoms with Crippen molar-refractivity contribution in [2.45, 2.75) is 25.3 Å². The molecule has 1 saturated heterocycles. The monoisotopic (exact) mass is 219 g/mol. The molecule has 3 heterocycles. The van der Waals surface area contributed by atoms with Gasteiger partial charge in [0.05, 0.1) is 6.04 Å². The number of aromatic nitrogens is 4. The van der Waals surface area contributed by atoms with Gasteiger partial charge in [-0.3, -0.25) is 5.10 Å². The van der Waals surface area contributed by atoms with E-state index in [1.807, 2.05) is 6.07 Å². The second-order valence-electron chi connectivity index (χ2n) is 3.93. The molecule has 6 heteroatoms. The minimum Gasteiger partial charge on any atom is -0.332 e. The van der Waals surface area contributed by atoms with E-state index in [0.717, 1.165) is 24.5 Å². The summed E-state index contributed by atoms with van der Waals surface area (Å²) in [6.07, 6.45) is 5.17. The Morgan fingerprint density at radius 3 is 3.12 bits per heavy atom. The van der Waals surface area contributed by atoms with Gasteiger partial charge in [-0.05, 0) is 25.5 Å². The Kier molecular flexibility index (Phi) is 2.41. The molecule has 0 aromatic carbocycles. The smallest absolute Gasteiger partial charge is 0.275 e. The normalized spacial score (nSPS) is 21.1. The third kappa shape index (κ3) is 1.71. The lowest BCUT2D eigenvalue weighted by Gasteiger charge is -2.19. The van der Waals surface area contributed by atoms with Crippen LogP contribution < -0.4 is 5.32 Å². The molecule has 0 aliphatic carbocycles. The van der Waals surface area contributed by atoms with Gasteiger partial charge < -0.3 is 9.84 Å². The molecule has 2 aromatic heterocycles. The molecule has 16 heavy (non-hydrogen) atoms. The van der Waals surface area contributed by atoms with Gasteiger partial charge in [-0.25, -0.2) is 0 Å². The molecule has 0 spiro atoms. The molecule has 2 N–H and O–H groups in total. The zero-order valence-electron chi connectivity index (χ0n) is 8.81. The van der Waals surface area contributed by atoms with Crippen molar-refractivity contribution in [3.63, 3.8) is 0 Å². The van der Waals surface area contributed by atoms with Crippen molar-refractivity contribution in [1.29, 1.82) is 0 Å². The summed E-state index contributed by atoms with van der Waals surface area (Å²) in [6.45, 7) is 1.03. The van der Waals surface area contributed by atoms with Crippen molar-refractivity contribution < 1.29 is 4.52 Å². The van der Waals surface area contributed by atoms with Crippen LogP contribution in [-0.2, 0) is 0 Å². The fraction of sp³-hybridized carbons (Fsp3) is 0.500. The molecule has 0 saturated carbocycles. The maximum atomic E-state index is 5.19. The average molecular weight is 219 g/mol. The zero-order valence-corrected chi connectivity index (χ0v) is 8.81. The maximum absolute atomic E-state index is 5.19. The van der Waals surface area contributed by atoms with Crippen molar-refractivity contribution in [1.82, 2.24) is 25.7 Å². The zero-order chi connectivity index (χ0) is 10.8. The molecule has 1 unspecified atom stereocenters. The maximum Gasteiger partial charge on any atom is 0.275 e. The number of rotatable bonds is 2. The number of hydrogen-bond donors (Lipinski definition) is 2. The highest BCUT2D eigenvalue weighted by Crippen LogP contribution is 2.22. The van der Waals surface area contributed by atoms with E-state index in [-0.39, 0.29) is 6.04 Å². The van der Waals surface area contributed by atoms with Gasteiger partial charge in [-0.1, -0.05) is 11.6 Å². The SMILES string of the molecule is c1cc(-c2nc(C3CCCCN3)no2)[nH]n1. The van der Waals surface area contributed by atoms with Crippen molar-refractivity contribution >= 4 is 0 Å². The molecule has 1 aliphatic heterocycles. The average Bonchev–Trinajstić information content (AvgIpc) is 3.01. The molecule has 1 atom stereocenters. The highest BCUT2D eigenvalue weighted by Gasteiger charge is 2.20. The Balaban J connectivity index is 1.82. The van der Waals surface area contributed by atoms with E-state index in [1.54, 1.807) is 6.20 Å². The van der Waals surface area contributed by atoms with Crippen LogP contribution in [0.1, 0.15) is 31.1 Å². The fourth-order valence-corrected chi connectivity index (χ4v) is 1.93. The highest BCUT2D eigenvalue weighted by molar-refractivity contribution is 5.44. The summed E-state index contributed by atoms with van der Waals surface area (Å²) in [5.74, 6) is 1.24. The van der Waals surface area contributed by atoms with Crippen molar-refractivity contribution in [3.8, 4) is 11.6 Å². The standard InChI is InChI=1S/C10H13N5O/c1-2-5-11-7(3-1)9-13-10(16-15-9)8-4-6-12-14-8/h4,6-7,11H,1-3,5H2,(H,12,14). The number of piperidine rings is 1. The molecule has 1 fully saturated rings. The summed E-state index contributed by atoms with van der Waals surface area (Å²) in [6, 6.07) is 2.04. The molecule has 3 rings (SSSR count). The lowest BCUT2D eigenvalue weighted by molar-refractivity contribution is 0.366. The molecular weight excluding hydrogens is 206 g/mol. The second-order valence-corrected chi connectivity index (χ2v) is 3.93. The van der Waals surface area contributed by atoms with Gasteiger partial charge in [0, 0.05) is 6.20 Å². The number of nitrogens with zero attached hydrogens (tertiary/aromatic N) is 3. The van der Waals surface area contributed by atoms with E-state index in [9.17, 15) is 0 Å². The third-order valence-electron chi connectivity index (χ3n) is 2.79. The first-order chi connectivity index (χ1) is 7.93. The summed E-state index contributed by atoms with van der Waals surface area (Å²) < 4.78 is 5.19. The minimum atomic E-state index is 0.231. The number of hydrogen-bond acceptors (Lipinski definition) is 5. The topological polar surface area (TPSA) is 79.6 Å². The van der Waals surface area contributed by atoms with E-state index < -0.39 is 0 Å². The Bertz CT molecular complexity index is 443. The molecule has 2 aromatic rings. The summed E-state index contributed by atoms with van der Waals surface area (Å²) in [5, 5.41) is 14.0. The van der Waals surface area contributed by atoms with Crippen LogP contribution in [0.4, 0.5) is 0 Å². The molecule has 0 bridgehead atoms. The molecule has 1 aliphatic rings. The predicted molar refractivity (Wildman–Crippen MR) is 56.5 cm³/mol. The summed E-state index contributed by atoms with van der Waals surface area (Å²) in [7, 11) is 0. The molecule has 84 valence electrons. The van der Waals surface area contributed by atoms with Crippen molar-refractivity contribution in [2.24, 2.45) is 0 Å². The third-order valence-corrected chi connectivity index (χ3v) is 2.79. The van der Waals surface area contributed by atoms with Crippen molar-refractivity contribution in [3.05, 3.63) is 18.1 Å². The summed E-state index contributed by atoms with van der Waals surface area (Å²) >= 11 is 0. The minimum absolute atomic E-state index is 0.231. The molecule has 0 radical (unpaired) electrons. The van der Waals surface area contributed by atoms with Crippen LogP contribution in [0.5, 0.6) is 0 Å². The van der Waals surface area contributed by atoms with Gasteiger partial charge in [-0.15, -0.1) is 0 Å². The van der Waals surface area contributed by atoms with E-state index >= 15 is 0 Å². The van der Waals surface area contributed by atoms with Crippen LogP contribution in [0, 0.1) is 0 Å². The second kappa shape index (κ2) is 4.05. The van der Waals surface area contributed by atoms with Crippen molar-refractivity contribution in [2.75, 3.05) is 6.54 Å². The largest absolute Gasteiger partial charge is 0.332 e. The van der Waals surface area contributed by atoms with Crippen LogP contribution in [0.15, 0.2) is 16.8 Å². The van der Waals surface area contributed by atoms with Gasteiger partial charge in [0.2, 0.25) is 0 Å². The van der Waals surface area contributed by atoms with E-state index in [4.69, 9.17) is 4.52 Å². The van der Waals surface area contributed by atoms with Gasteiger partial charge >= 0.3 is 0 Å². The summed E-state index contributed by atoms with van der Waals surface area (Å²) in [4.78, 5) is 4.36. The van der Waals surface area contributed by atoms with Gasteiger partial charge in [0.25, 0.3) is 5.89 Å². The highest BCUT2D eigenvalue weighted by atomic mass is 16.5. The fourth-order valence-electron chi connectivity index (χ4n) is 1.93. The van der Waals surface area contributed by atoms with Crippen LogP contribution in [0.25, 0.3) is 11.6 Å². The van der Waals surface area contributed by atoms with E-state index in [2.05, 4.69) is 25.7 Å². The first-order valence-corrected chi connectivity index (χ1v) is 5.50. The van der Waals surface area contributed by atoms with Crippen LogP contribution >= 0.6 is 0 Å². The number of aromatic amines is 1. The predicted octanol–water partition coefficient (Wildman–Crippen LogP) is 1.27. The lowest BCUT2D eigenvalue weighted by atomic mass is 10.0. The Morgan fingerprint density at radius 2 is 2.38 bits per heavy atom. The number of nitrogens with one attached hydrogen (secondary N) is 2. The number of H-pyrrole nitrogens is 1.